The van der Waals surface area contributed by atoms with E-state index in [9.17, 15) is 14.7 Å². The van der Waals surface area contributed by atoms with Crippen LogP contribution in [0.5, 0.6) is 5.75 Å². The number of nitrogens with zero attached hydrogens (tertiary/aromatic N) is 2. The van der Waals surface area contributed by atoms with E-state index in [1.807, 2.05) is 0 Å². The number of nitrogens with two attached hydrogens (primary N) is 1. The number of pyridine rings is 1. The summed E-state index contributed by atoms with van der Waals surface area (Å²) in [6.07, 6.45) is 1.74. The maximum atomic E-state index is 15.1. The number of carboxylic acids is 1. The molecule has 5 aromatic rings. The van der Waals surface area contributed by atoms with Gasteiger partial charge in [0.05, 0.1) is 34.3 Å². The molecule has 0 saturated carbocycles. The molecule has 35 heavy (non-hydrogen) atoms. The average molecular weight is 494 g/mol. The van der Waals surface area contributed by atoms with Crippen LogP contribution in [0.1, 0.15) is 21.6 Å². The third-order valence-corrected chi connectivity index (χ3v) is 7.06. The highest BCUT2D eigenvalue weighted by atomic mass is 32.1. The first-order chi connectivity index (χ1) is 16.8. The zero-order chi connectivity index (χ0) is 24.4. The Morgan fingerprint density at radius 2 is 2.11 bits per heavy atom. The van der Waals surface area contributed by atoms with Crippen LogP contribution in [0, 0.1) is 11.6 Å². The SMILES string of the molecule is Nc1nsc2cc(F)c(Cn3c(C(=O)O)c(-c4ccc[nH]c4=O)c4c5c(c(F)cc43)CCO5)cc12. The molecular formula is C24H16F2N4O4S. The van der Waals surface area contributed by atoms with Crippen LogP contribution in [0.15, 0.2) is 41.3 Å². The Hall–Kier alpha value is -4.25. The summed E-state index contributed by atoms with van der Waals surface area (Å²) < 4.78 is 41.7. The van der Waals surface area contributed by atoms with Crippen LogP contribution < -0.4 is 16.0 Å². The third kappa shape index (κ3) is 3.12. The summed E-state index contributed by atoms with van der Waals surface area (Å²) in [7, 11) is 0. The number of hydrogen-bond acceptors (Lipinski definition) is 6. The molecule has 0 aliphatic carbocycles. The molecule has 0 atom stereocenters. The molecule has 0 fully saturated rings. The Kier molecular flexibility index (Phi) is 4.65. The van der Waals surface area contributed by atoms with E-state index in [0.717, 1.165) is 11.5 Å². The molecule has 6 rings (SSSR count). The lowest BCUT2D eigenvalue weighted by molar-refractivity contribution is 0.0687. The lowest BCUT2D eigenvalue weighted by Crippen LogP contribution is -2.14. The van der Waals surface area contributed by atoms with Crippen molar-refractivity contribution >= 4 is 44.3 Å². The Morgan fingerprint density at radius 1 is 1.29 bits per heavy atom. The fourth-order valence-electron chi connectivity index (χ4n) is 4.71. The van der Waals surface area contributed by atoms with Gasteiger partial charge in [-0.25, -0.2) is 13.6 Å². The molecule has 8 nitrogen and oxygen atoms in total. The highest BCUT2D eigenvalue weighted by Gasteiger charge is 2.32. The smallest absolute Gasteiger partial charge is 0.353 e. The minimum Gasteiger partial charge on any atom is -0.492 e. The van der Waals surface area contributed by atoms with Gasteiger partial charge in [-0.2, -0.15) is 4.37 Å². The first-order valence-corrected chi connectivity index (χ1v) is 11.4. The van der Waals surface area contributed by atoms with Gasteiger partial charge in [0.15, 0.2) is 0 Å². The Morgan fingerprint density at radius 3 is 2.89 bits per heavy atom. The minimum absolute atomic E-state index is 0.0835. The van der Waals surface area contributed by atoms with Gasteiger partial charge < -0.3 is 25.1 Å². The van der Waals surface area contributed by atoms with Crippen molar-refractivity contribution in [3.8, 4) is 16.9 Å². The van der Waals surface area contributed by atoms with Crippen molar-refractivity contribution in [2.75, 3.05) is 12.3 Å². The average Bonchev–Trinajstić information content (AvgIpc) is 3.52. The van der Waals surface area contributed by atoms with Crippen molar-refractivity contribution in [2.24, 2.45) is 0 Å². The van der Waals surface area contributed by atoms with Crippen LogP contribution in [-0.4, -0.2) is 31.6 Å². The van der Waals surface area contributed by atoms with Gasteiger partial charge in [-0.05, 0) is 41.9 Å². The number of aromatic amines is 1. The molecule has 0 unspecified atom stereocenters. The molecule has 0 saturated heterocycles. The quantitative estimate of drug-likeness (QED) is 0.345. The normalized spacial score (nSPS) is 12.9. The standard InChI is InChI=1S/C24H16F2N4O4S/c25-14-8-17-13(22(27)29-35-17)6-10(14)9-30-16-7-15(26)11-3-5-34-21(11)19(16)18(20(30)24(32)33)12-2-1-4-28-23(12)31/h1-2,4,6-8H,3,5,9H2,(H2,27,29)(H,28,31)(H,32,33). The first-order valence-electron chi connectivity index (χ1n) is 10.6. The number of anilines is 1. The maximum Gasteiger partial charge on any atom is 0.353 e. The molecule has 4 heterocycles. The molecule has 3 aromatic heterocycles. The summed E-state index contributed by atoms with van der Waals surface area (Å²) in [5.41, 5.74) is 5.90. The number of benzene rings is 2. The Labute approximate surface area is 199 Å². The predicted octanol–water partition coefficient (Wildman–Crippen LogP) is 4.15. The van der Waals surface area contributed by atoms with E-state index in [-0.39, 0.29) is 52.6 Å². The van der Waals surface area contributed by atoms with E-state index < -0.39 is 23.2 Å². The first kappa shape index (κ1) is 21.3. The van der Waals surface area contributed by atoms with Crippen molar-refractivity contribution in [1.82, 2.24) is 13.9 Å². The van der Waals surface area contributed by atoms with E-state index in [1.54, 1.807) is 6.07 Å². The molecule has 1 aliphatic rings. The minimum atomic E-state index is -1.36. The highest BCUT2D eigenvalue weighted by Crippen LogP contribution is 2.44. The van der Waals surface area contributed by atoms with Crippen LogP contribution in [0.3, 0.4) is 0 Å². The summed E-state index contributed by atoms with van der Waals surface area (Å²) in [5.74, 6) is -2.07. The van der Waals surface area contributed by atoms with Crippen molar-refractivity contribution in [2.45, 2.75) is 13.0 Å². The second kappa shape index (κ2) is 7.64. The lowest BCUT2D eigenvalue weighted by Gasteiger charge is -2.11. The zero-order valence-electron chi connectivity index (χ0n) is 17.9. The van der Waals surface area contributed by atoms with Gasteiger partial charge in [0.25, 0.3) is 5.56 Å². The number of H-pyrrole nitrogens is 1. The van der Waals surface area contributed by atoms with E-state index in [2.05, 4.69) is 9.36 Å². The molecule has 0 radical (unpaired) electrons. The van der Waals surface area contributed by atoms with Crippen molar-refractivity contribution in [1.29, 1.82) is 0 Å². The number of aromatic carboxylic acids is 1. The van der Waals surface area contributed by atoms with Crippen LogP contribution in [0.4, 0.5) is 14.6 Å². The van der Waals surface area contributed by atoms with Crippen molar-refractivity contribution in [3.05, 3.63) is 75.3 Å². The molecule has 11 heteroatoms. The number of hydrogen-bond donors (Lipinski definition) is 3. The molecule has 176 valence electrons. The van der Waals surface area contributed by atoms with Gasteiger partial charge in [0, 0.05) is 34.7 Å². The summed E-state index contributed by atoms with van der Waals surface area (Å²) in [4.78, 5) is 27.9. The second-order valence-electron chi connectivity index (χ2n) is 8.19. The van der Waals surface area contributed by atoms with E-state index in [1.165, 1.54) is 35.0 Å². The van der Waals surface area contributed by atoms with E-state index >= 15 is 8.78 Å². The van der Waals surface area contributed by atoms with Gasteiger partial charge >= 0.3 is 5.97 Å². The number of nitrogens with one attached hydrogen (secondary N) is 1. The maximum absolute atomic E-state index is 15.1. The predicted molar refractivity (Wildman–Crippen MR) is 127 cm³/mol. The van der Waals surface area contributed by atoms with Crippen LogP contribution in [0.25, 0.3) is 32.1 Å². The van der Waals surface area contributed by atoms with Crippen LogP contribution in [0.2, 0.25) is 0 Å². The second-order valence-corrected chi connectivity index (χ2v) is 9.00. The fourth-order valence-corrected chi connectivity index (χ4v) is 5.43. The molecule has 4 N–H and O–H groups in total. The Balaban J connectivity index is 1.71. The van der Waals surface area contributed by atoms with Crippen molar-refractivity contribution in [3.63, 3.8) is 0 Å². The molecule has 0 spiro atoms. The molecule has 0 bridgehead atoms. The summed E-state index contributed by atoms with van der Waals surface area (Å²) >= 11 is 1.05. The van der Waals surface area contributed by atoms with Crippen LogP contribution >= 0.6 is 11.5 Å². The zero-order valence-corrected chi connectivity index (χ0v) is 18.7. The van der Waals surface area contributed by atoms with Gasteiger partial charge in [-0.3, -0.25) is 4.79 Å². The highest BCUT2D eigenvalue weighted by molar-refractivity contribution is 7.13. The number of rotatable bonds is 4. The molecule has 1 aliphatic heterocycles. The van der Waals surface area contributed by atoms with E-state index in [4.69, 9.17) is 10.5 Å². The number of halogens is 2. The molecular weight excluding hydrogens is 478 g/mol. The van der Waals surface area contributed by atoms with Gasteiger partial charge in [0.2, 0.25) is 0 Å². The van der Waals surface area contributed by atoms with Gasteiger partial charge in [-0.15, -0.1) is 0 Å². The number of aromatic nitrogens is 3. The number of carbonyl (C=O) groups is 1. The summed E-state index contributed by atoms with van der Waals surface area (Å²) in [6.45, 7) is -0.0303. The third-order valence-electron chi connectivity index (χ3n) is 6.24. The van der Waals surface area contributed by atoms with Crippen LogP contribution in [-0.2, 0) is 13.0 Å². The number of carboxylic acid groups (broad SMARTS) is 1. The fraction of sp³-hybridized carbons (Fsp3) is 0.125. The number of fused-ring (bicyclic) bond motifs is 4. The largest absolute Gasteiger partial charge is 0.492 e. The Bertz CT molecular complexity index is 1750. The number of nitrogen functional groups attached to an aromatic ring is 1. The molecule has 0 amide bonds. The van der Waals surface area contributed by atoms with Crippen molar-refractivity contribution < 1.29 is 23.4 Å². The van der Waals surface area contributed by atoms with Gasteiger partial charge in [0.1, 0.15) is 28.9 Å². The topological polar surface area (TPSA) is 123 Å². The molecule has 2 aromatic carbocycles. The lowest BCUT2D eigenvalue weighted by atomic mass is 10.00. The summed E-state index contributed by atoms with van der Waals surface area (Å²) in [5, 5.41) is 11.1. The van der Waals surface area contributed by atoms with E-state index in [0.29, 0.717) is 27.5 Å². The monoisotopic (exact) mass is 494 g/mol. The van der Waals surface area contributed by atoms with Gasteiger partial charge in [-0.1, -0.05) is 0 Å². The number of ether oxygens (including phenoxy) is 1. The summed E-state index contributed by atoms with van der Waals surface area (Å²) in [6, 6.07) is 7.06.